The second-order valence-corrected chi connectivity index (χ2v) is 5.09. The summed E-state index contributed by atoms with van der Waals surface area (Å²) >= 11 is 0. The largest absolute Gasteiger partial charge is 0.383 e. The van der Waals surface area contributed by atoms with Crippen LogP contribution in [-0.2, 0) is 4.74 Å². The van der Waals surface area contributed by atoms with Gasteiger partial charge in [-0.05, 0) is 29.7 Å². The smallest absolute Gasteiger partial charge is 0.229 e. The first-order valence-electron chi connectivity index (χ1n) is 7.12. The highest BCUT2D eigenvalue weighted by Crippen LogP contribution is 2.19. The molecule has 21 heavy (non-hydrogen) atoms. The van der Waals surface area contributed by atoms with Crippen LogP contribution >= 0.6 is 0 Å². The van der Waals surface area contributed by atoms with Gasteiger partial charge in [-0.3, -0.25) is 0 Å². The van der Waals surface area contributed by atoms with E-state index in [0.29, 0.717) is 18.5 Å². The van der Waals surface area contributed by atoms with Crippen molar-refractivity contribution in [3.05, 3.63) is 42.1 Å². The number of nitrogens with zero attached hydrogens (tertiary/aromatic N) is 2. The Balaban J connectivity index is 2.00. The Hall–Kier alpha value is -2.14. The molecule has 2 N–H and O–H groups in total. The predicted molar refractivity (Wildman–Crippen MR) is 86.2 cm³/mol. The summed E-state index contributed by atoms with van der Waals surface area (Å²) in [5.41, 5.74) is 2.30. The Labute approximate surface area is 125 Å². The van der Waals surface area contributed by atoms with E-state index >= 15 is 0 Å². The number of anilines is 3. The molecule has 0 aliphatic carbocycles. The van der Waals surface area contributed by atoms with Crippen molar-refractivity contribution >= 4 is 17.5 Å². The number of nitrogens with one attached hydrogen (secondary N) is 2. The zero-order chi connectivity index (χ0) is 15.1. The molecule has 0 saturated carbocycles. The van der Waals surface area contributed by atoms with Crippen LogP contribution in [0.3, 0.4) is 0 Å². The quantitative estimate of drug-likeness (QED) is 0.764. The van der Waals surface area contributed by atoms with Crippen molar-refractivity contribution in [2.45, 2.75) is 19.8 Å². The van der Waals surface area contributed by atoms with Crippen molar-refractivity contribution in [2.24, 2.45) is 0 Å². The van der Waals surface area contributed by atoms with E-state index in [1.807, 2.05) is 18.2 Å². The fourth-order valence-corrected chi connectivity index (χ4v) is 1.88. The maximum absolute atomic E-state index is 5.00. The van der Waals surface area contributed by atoms with E-state index in [-0.39, 0.29) is 0 Å². The van der Waals surface area contributed by atoms with Gasteiger partial charge in [-0.15, -0.1) is 0 Å². The molecular formula is C16H22N4O. The summed E-state index contributed by atoms with van der Waals surface area (Å²) < 4.78 is 5.00. The standard InChI is InChI=1S/C16H22N4O/c1-12(2)13-4-6-14(7-5-13)19-16-18-9-8-15(20-16)17-10-11-21-3/h4-9,12H,10-11H2,1-3H3,(H2,17,18,19,20). The first kappa shape index (κ1) is 15.3. The lowest BCUT2D eigenvalue weighted by Gasteiger charge is -2.09. The lowest BCUT2D eigenvalue weighted by Crippen LogP contribution is -2.09. The van der Waals surface area contributed by atoms with Gasteiger partial charge in [0.05, 0.1) is 6.61 Å². The molecule has 112 valence electrons. The summed E-state index contributed by atoms with van der Waals surface area (Å²) in [5, 5.41) is 6.39. The van der Waals surface area contributed by atoms with Crippen LogP contribution in [-0.4, -0.2) is 30.2 Å². The van der Waals surface area contributed by atoms with Crippen LogP contribution in [0.25, 0.3) is 0 Å². The van der Waals surface area contributed by atoms with E-state index < -0.39 is 0 Å². The highest BCUT2D eigenvalue weighted by Gasteiger charge is 2.02. The number of rotatable bonds is 7. The van der Waals surface area contributed by atoms with Crippen molar-refractivity contribution < 1.29 is 4.74 Å². The molecule has 0 aliphatic heterocycles. The second kappa shape index (κ2) is 7.59. The van der Waals surface area contributed by atoms with Crippen LogP contribution in [0.5, 0.6) is 0 Å². The fourth-order valence-electron chi connectivity index (χ4n) is 1.88. The van der Waals surface area contributed by atoms with Crippen LogP contribution in [0.2, 0.25) is 0 Å². The first-order valence-corrected chi connectivity index (χ1v) is 7.12. The van der Waals surface area contributed by atoms with Crippen molar-refractivity contribution in [1.82, 2.24) is 9.97 Å². The number of methoxy groups -OCH3 is 1. The topological polar surface area (TPSA) is 59.1 Å². The Morgan fingerprint density at radius 2 is 1.90 bits per heavy atom. The predicted octanol–water partition coefficient (Wildman–Crippen LogP) is 3.40. The summed E-state index contributed by atoms with van der Waals surface area (Å²) in [5.74, 6) is 1.89. The Morgan fingerprint density at radius 3 is 2.57 bits per heavy atom. The SMILES string of the molecule is COCCNc1ccnc(Nc2ccc(C(C)C)cc2)n1. The van der Waals surface area contributed by atoms with Crippen LogP contribution in [0.15, 0.2) is 36.5 Å². The van der Waals surface area contributed by atoms with E-state index in [1.54, 1.807) is 13.3 Å². The van der Waals surface area contributed by atoms with Crippen molar-refractivity contribution in [2.75, 3.05) is 30.9 Å². The third kappa shape index (κ3) is 4.72. The monoisotopic (exact) mass is 286 g/mol. The van der Waals surface area contributed by atoms with Crippen molar-refractivity contribution in [3.63, 3.8) is 0 Å². The molecule has 0 atom stereocenters. The van der Waals surface area contributed by atoms with Crippen molar-refractivity contribution in [3.8, 4) is 0 Å². The van der Waals surface area contributed by atoms with Gasteiger partial charge in [0.2, 0.25) is 5.95 Å². The van der Waals surface area contributed by atoms with Crippen LogP contribution in [0.1, 0.15) is 25.3 Å². The average Bonchev–Trinajstić information content (AvgIpc) is 2.48. The van der Waals surface area contributed by atoms with E-state index in [2.05, 4.69) is 46.6 Å². The van der Waals surface area contributed by atoms with Crippen LogP contribution < -0.4 is 10.6 Å². The molecule has 5 heteroatoms. The molecule has 0 bridgehead atoms. The number of hydrogen-bond donors (Lipinski definition) is 2. The number of aromatic nitrogens is 2. The molecule has 0 radical (unpaired) electrons. The lowest BCUT2D eigenvalue weighted by atomic mass is 10.0. The Bertz CT molecular complexity index is 554. The van der Waals surface area contributed by atoms with Crippen LogP contribution in [0, 0.1) is 0 Å². The third-order valence-corrected chi connectivity index (χ3v) is 3.10. The van der Waals surface area contributed by atoms with E-state index in [0.717, 1.165) is 18.1 Å². The summed E-state index contributed by atoms with van der Waals surface area (Å²) in [6.07, 6.45) is 1.73. The van der Waals surface area contributed by atoms with Gasteiger partial charge >= 0.3 is 0 Å². The number of benzene rings is 1. The molecule has 1 aromatic heterocycles. The van der Waals surface area contributed by atoms with Gasteiger partial charge in [0, 0.05) is 25.5 Å². The molecule has 5 nitrogen and oxygen atoms in total. The molecule has 1 heterocycles. The Kier molecular flexibility index (Phi) is 5.51. The van der Waals surface area contributed by atoms with E-state index in [9.17, 15) is 0 Å². The van der Waals surface area contributed by atoms with Gasteiger partial charge in [-0.1, -0.05) is 26.0 Å². The maximum Gasteiger partial charge on any atom is 0.229 e. The summed E-state index contributed by atoms with van der Waals surface area (Å²) in [7, 11) is 1.68. The summed E-state index contributed by atoms with van der Waals surface area (Å²) in [6.45, 7) is 5.72. The fraction of sp³-hybridized carbons (Fsp3) is 0.375. The van der Waals surface area contributed by atoms with Crippen LogP contribution in [0.4, 0.5) is 17.5 Å². The zero-order valence-corrected chi connectivity index (χ0v) is 12.8. The van der Waals surface area contributed by atoms with Gasteiger partial charge in [-0.25, -0.2) is 4.98 Å². The average molecular weight is 286 g/mol. The Morgan fingerprint density at radius 1 is 1.14 bits per heavy atom. The van der Waals surface area contributed by atoms with E-state index in [1.165, 1.54) is 5.56 Å². The molecule has 0 aliphatic rings. The van der Waals surface area contributed by atoms with Gasteiger partial charge in [0.15, 0.2) is 0 Å². The van der Waals surface area contributed by atoms with Gasteiger partial charge < -0.3 is 15.4 Å². The van der Waals surface area contributed by atoms with Gasteiger partial charge in [0.25, 0.3) is 0 Å². The maximum atomic E-state index is 5.00. The highest BCUT2D eigenvalue weighted by atomic mass is 16.5. The van der Waals surface area contributed by atoms with Crippen molar-refractivity contribution in [1.29, 1.82) is 0 Å². The normalized spacial score (nSPS) is 10.7. The second-order valence-electron chi connectivity index (χ2n) is 5.09. The summed E-state index contributed by atoms with van der Waals surface area (Å²) in [6, 6.07) is 10.2. The number of ether oxygens (including phenoxy) is 1. The molecule has 2 rings (SSSR count). The molecule has 0 spiro atoms. The molecule has 0 unspecified atom stereocenters. The highest BCUT2D eigenvalue weighted by molar-refractivity contribution is 5.55. The molecule has 0 fully saturated rings. The number of hydrogen-bond acceptors (Lipinski definition) is 5. The first-order chi connectivity index (χ1) is 10.2. The molecule has 0 saturated heterocycles. The minimum atomic E-state index is 0.531. The molecule has 1 aromatic carbocycles. The zero-order valence-electron chi connectivity index (χ0n) is 12.8. The minimum absolute atomic E-state index is 0.531. The van der Waals surface area contributed by atoms with E-state index in [4.69, 9.17) is 4.74 Å². The van der Waals surface area contributed by atoms with Gasteiger partial charge in [-0.2, -0.15) is 4.98 Å². The molecule has 2 aromatic rings. The summed E-state index contributed by atoms with van der Waals surface area (Å²) in [4.78, 5) is 8.64. The molecule has 0 amide bonds. The third-order valence-electron chi connectivity index (χ3n) is 3.10. The minimum Gasteiger partial charge on any atom is -0.383 e. The molecular weight excluding hydrogens is 264 g/mol. The van der Waals surface area contributed by atoms with Gasteiger partial charge in [0.1, 0.15) is 5.82 Å². The lowest BCUT2D eigenvalue weighted by molar-refractivity contribution is 0.210.